The maximum absolute atomic E-state index is 13.4. The summed E-state index contributed by atoms with van der Waals surface area (Å²) in [5.74, 6) is -2.90. The summed E-state index contributed by atoms with van der Waals surface area (Å²) in [4.78, 5) is 49.1. The normalized spacial score (nSPS) is 10.6. The van der Waals surface area contributed by atoms with Crippen LogP contribution in [0.2, 0.25) is 5.02 Å². The lowest BCUT2D eigenvalue weighted by Crippen LogP contribution is -2.38. The van der Waals surface area contributed by atoms with Crippen LogP contribution in [0.1, 0.15) is 10.4 Å². The summed E-state index contributed by atoms with van der Waals surface area (Å²) in [7, 11) is 0. The number of H-pyrrole nitrogens is 1. The van der Waals surface area contributed by atoms with Crippen molar-refractivity contribution in [1.82, 2.24) is 9.55 Å². The van der Waals surface area contributed by atoms with E-state index >= 15 is 0 Å². The number of nitro benzene ring substituents is 1. The molecule has 1 amide bonds. The highest BCUT2D eigenvalue weighted by atomic mass is 35.5. The topological polar surface area (TPSA) is 127 Å². The molecule has 0 saturated carbocycles. The van der Waals surface area contributed by atoms with Gasteiger partial charge in [-0.05, 0) is 30.3 Å². The number of amides is 1. The number of rotatable bonds is 4. The van der Waals surface area contributed by atoms with E-state index in [-0.39, 0.29) is 16.4 Å². The van der Waals surface area contributed by atoms with Crippen molar-refractivity contribution >= 4 is 28.9 Å². The van der Waals surface area contributed by atoms with Gasteiger partial charge in [0.2, 0.25) is 5.82 Å². The van der Waals surface area contributed by atoms with Crippen molar-refractivity contribution < 1.29 is 18.5 Å². The average molecular weight is 423 g/mol. The second-order valence-electron chi connectivity index (χ2n) is 5.62. The van der Waals surface area contributed by atoms with Crippen LogP contribution in [0.5, 0.6) is 0 Å². The van der Waals surface area contributed by atoms with Crippen molar-refractivity contribution in [2.45, 2.75) is 0 Å². The van der Waals surface area contributed by atoms with Crippen molar-refractivity contribution in [2.24, 2.45) is 0 Å². The first kappa shape index (κ1) is 19.9. The Hall–Kier alpha value is -3.86. The summed E-state index contributed by atoms with van der Waals surface area (Å²) < 4.78 is 27.3. The molecule has 0 atom stereocenters. The highest BCUT2D eigenvalue weighted by molar-refractivity contribution is 6.30. The molecule has 3 aromatic rings. The van der Waals surface area contributed by atoms with Crippen molar-refractivity contribution in [3.8, 4) is 5.69 Å². The van der Waals surface area contributed by atoms with E-state index in [1.807, 2.05) is 0 Å². The first-order valence-electron chi connectivity index (χ1n) is 7.74. The molecule has 1 heterocycles. The van der Waals surface area contributed by atoms with Crippen LogP contribution in [0.15, 0.2) is 52.2 Å². The van der Waals surface area contributed by atoms with Crippen LogP contribution in [0.3, 0.4) is 0 Å². The van der Waals surface area contributed by atoms with Crippen LogP contribution >= 0.6 is 11.6 Å². The van der Waals surface area contributed by atoms with E-state index in [0.29, 0.717) is 4.57 Å². The van der Waals surface area contributed by atoms with E-state index < -0.39 is 45.0 Å². The molecule has 0 aliphatic carbocycles. The second kappa shape index (κ2) is 7.64. The van der Waals surface area contributed by atoms with Crippen LogP contribution < -0.4 is 16.6 Å². The smallest absolute Gasteiger partial charge is 0.322 e. The van der Waals surface area contributed by atoms with Crippen molar-refractivity contribution in [3.63, 3.8) is 0 Å². The van der Waals surface area contributed by atoms with Gasteiger partial charge in [0, 0.05) is 18.0 Å². The Morgan fingerprint density at radius 1 is 1.14 bits per heavy atom. The number of halogens is 3. The molecule has 0 aliphatic heterocycles. The fourth-order valence-electron chi connectivity index (χ4n) is 2.42. The number of hydrogen-bond donors (Lipinski definition) is 2. The molecule has 0 spiro atoms. The monoisotopic (exact) mass is 422 g/mol. The van der Waals surface area contributed by atoms with E-state index in [4.69, 9.17) is 11.6 Å². The van der Waals surface area contributed by atoms with Gasteiger partial charge in [-0.25, -0.2) is 13.8 Å². The van der Waals surface area contributed by atoms with Crippen LogP contribution in [0.4, 0.5) is 20.2 Å². The molecule has 2 N–H and O–H groups in total. The Morgan fingerprint density at radius 2 is 1.83 bits per heavy atom. The van der Waals surface area contributed by atoms with Crippen molar-refractivity contribution in [3.05, 3.63) is 95.8 Å². The SMILES string of the molecule is O=C(Nc1ccc(F)c([N+](=O)[O-])c1)c1c[nH]c(=O)n(-c2ccc(F)c(Cl)c2)c1=O. The Bertz CT molecular complexity index is 1270. The zero-order chi connectivity index (χ0) is 21.3. The molecular formula is C17H9ClF2N4O5. The van der Waals surface area contributed by atoms with Crippen LogP contribution in [0.25, 0.3) is 5.69 Å². The summed E-state index contributed by atoms with van der Waals surface area (Å²) in [5, 5.41) is 12.7. The minimum atomic E-state index is -1.10. The molecule has 0 radical (unpaired) electrons. The molecule has 9 nitrogen and oxygen atoms in total. The third-order valence-electron chi connectivity index (χ3n) is 3.78. The fraction of sp³-hybridized carbons (Fsp3) is 0. The number of nitro groups is 1. The summed E-state index contributed by atoms with van der Waals surface area (Å²) in [6.07, 6.45) is 0.847. The lowest BCUT2D eigenvalue weighted by Gasteiger charge is -2.09. The lowest BCUT2D eigenvalue weighted by molar-refractivity contribution is -0.387. The predicted octanol–water partition coefficient (Wildman–Crippen LogP) is 2.62. The number of hydrogen-bond acceptors (Lipinski definition) is 5. The van der Waals surface area contributed by atoms with Crippen LogP contribution in [-0.2, 0) is 0 Å². The van der Waals surface area contributed by atoms with Gasteiger partial charge in [-0.2, -0.15) is 4.39 Å². The van der Waals surface area contributed by atoms with Gasteiger partial charge >= 0.3 is 11.4 Å². The molecule has 12 heteroatoms. The molecule has 0 bridgehead atoms. The lowest BCUT2D eigenvalue weighted by atomic mass is 10.2. The van der Waals surface area contributed by atoms with E-state index in [1.165, 1.54) is 0 Å². The molecule has 0 saturated heterocycles. The summed E-state index contributed by atoms with van der Waals surface area (Å²) >= 11 is 5.66. The van der Waals surface area contributed by atoms with Gasteiger partial charge in [0.25, 0.3) is 11.5 Å². The number of nitrogens with one attached hydrogen (secondary N) is 2. The van der Waals surface area contributed by atoms with Gasteiger partial charge in [0.05, 0.1) is 15.6 Å². The minimum absolute atomic E-state index is 0.0882. The number of aromatic nitrogens is 2. The van der Waals surface area contributed by atoms with Gasteiger partial charge in [-0.3, -0.25) is 19.7 Å². The molecule has 29 heavy (non-hydrogen) atoms. The fourth-order valence-corrected chi connectivity index (χ4v) is 2.60. The quantitative estimate of drug-likeness (QED) is 0.493. The third-order valence-corrected chi connectivity index (χ3v) is 4.07. The minimum Gasteiger partial charge on any atom is -0.322 e. The summed E-state index contributed by atoms with van der Waals surface area (Å²) in [6, 6.07) is 5.69. The molecule has 0 unspecified atom stereocenters. The standard InChI is InChI=1S/C17H9ClF2N4O5/c18-11-6-9(2-4-12(11)19)23-16(26)10(7-21-17(23)27)15(25)22-8-1-3-13(20)14(5-8)24(28)29/h1-7H,(H,21,27)(H,22,25). The Labute approximate surface area is 164 Å². The van der Waals surface area contributed by atoms with E-state index in [0.717, 1.165) is 42.6 Å². The number of anilines is 1. The first-order chi connectivity index (χ1) is 13.7. The molecule has 1 aromatic heterocycles. The molecule has 148 valence electrons. The highest BCUT2D eigenvalue weighted by Gasteiger charge is 2.19. The van der Waals surface area contributed by atoms with Crippen molar-refractivity contribution in [2.75, 3.05) is 5.32 Å². The van der Waals surface area contributed by atoms with Gasteiger partial charge in [0.15, 0.2) is 0 Å². The van der Waals surface area contributed by atoms with Gasteiger partial charge < -0.3 is 10.3 Å². The average Bonchev–Trinajstić information content (AvgIpc) is 2.66. The Morgan fingerprint density at radius 3 is 2.48 bits per heavy atom. The van der Waals surface area contributed by atoms with Crippen molar-refractivity contribution in [1.29, 1.82) is 0 Å². The Balaban J connectivity index is 2.02. The second-order valence-corrected chi connectivity index (χ2v) is 6.03. The summed E-state index contributed by atoms with van der Waals surface area (Å²) in [6.45, 7) is 0. The van der Waals surface area contributed by atoms with Crippen LogP contribution in [-0.4, -0.2) is 20.4 Å². The van der Waals surface area contributed by atoms with Gasteiger partial charge in [-0.1, -0.05) is 11.6 Å². The highest BCUT2D eigenvalue weighted by Crippen LogP contribution is 2.22. The number of nitrogens with zero attached hydrogens (tertiary/aromatic N) is 2. The summed E-state index contributed by atoms with van der Waals surface area (Å²) in [5.41, 5.74) is -3.60. The zero-order valence-electron chi connectivity index (χ0n) is 14.1. The van der Waals surface area contributed by atoms with Gasteiger partial charge in [-0.15, -0.1) is 0 Å². The molecule has 0 fully saturated rings. The number of carbonyl (C=O) groups excluding carboxylic acids is 1. The maximum atomic E-state index is 13.4. The third kappa shape index (κ3) is 3.89. The maximum Gasteiger partial charge on any atom is 0.333 e. The number of benzene rings is 2. The molecule has 3 rings (SSSR count). The van der Waals surface area contributed by atoms with E-state index in [9.17, 15) is 33.3 Å². The van der Waals surface area contributed by atoms with Crippen LogP contribution in [0, 0.1) is 21.7 Å². The largest absolute Gasteiger partial charge is 0.333 e. The number of carbonyl (C=O) groups is 1. The molecule has 0 aliphatic rings. The number of aromatic amines is 1. The van der Waals surface area contributed by atoms with E-state index in [2.05, 4.69) is 10.3 Å². The van der Waals surface area contributed by atoms with E-state index in [1.54, 1.807) is 0 Å². The predicted molar refractivity (Wildman–Crippen MR) is 98.6 cm³/mol. The first-order valence-corrected chi connectivity index (χ1v) is 8.12. The molecular weight excluding hydrogens is 414 g/mol. The Kier molecular flexibility index (Phi) is 5.24. The zero-order valence-corrected chi connectivity index (χ0v) is 14.9. The molecule has 2 aromatic carbocycles. The van der Waals surface area contributed by atoms with Gasteiger partial charge in [0.1, 0.15) is 11.4 Å².